The molecule has 1 aromatic heterocycles. The van der Waals surface area contributed by atoms with Crippen molar-refractivity contribution in [2.75, 3.05) is 46.5 Å². The second-order valence-electron chi connectivity index (χ2n) is 7.70. The molecular formula is C22H26INO5. The molecule has 1 fully saturated rings. The fourth-order valence-corrected chi connectivity index (χ4v) is 3.76. The molecule has 4 rings (SSSR count). The molecule has 1 N–H and O–H groups in total. The van der Waals surface area contributed by atoms with E-state index >= 15 is 0 Å². The Bertz CT molecular complexity index is 1040. The van der Waals surface area contributed by atoms with Crippen molar-refractivity contribution in [1.29, 1.82) is 0 Å². The van der Waals surface area contributed by atoms with Crippen LogP contribution in [-0.2, 0) is 4.74 Å². The van der Waals surface area contributed by atoms with E-state index in [0.29, 0.717) is 28.9 Å². The molecular weight excluding hydrogens is 485 g/mol. The predicted molar refractivity (Wildman–Crippen MR) is 108 cm³/mol. The number of morpholine rings is 1. The van der Waals surface area contributed by atoms with Crippen molar-refractivity contribution in [2.45, 2.75) is 12.8 Å². The Morgan fingerprint density at radius 1 is 1.10 bits per heavy atom. The van der Waals surface area contributed by atoms with Gasteiger partial charge in [-0.3, -0.25) is 4.79 Å². The minimum atomic E-state index is -0.233. The van der Waals surface area contributed by atoms with Gasteiger partial charge in [0.1, 0.15) is 41.1 Å². The van der Waals surface area contributed by atoms with Gasteiger partial charge in [0.2, 0.25) is 5.43 Å². The average Bonchev–Trinajstić information content (AvgIpc) is 2.68. The normalized spacial score (nSPS) is 15.9. The van der Waals surface area contributed by atoms with Crippen LogP contribution in [0.15, 0.2) is 45.6 Å². The molecule has 29 heavy (non-hydrogen) atoms. The quantitative estimate of drug-likeness (QED) is 0.223. The number of quaternary nitrogens is 1. The summed E-state index contributed by atoms with van der Waals surface area (Å²) >= 11 is 0. The van der Waals surface area contributed by atoms with E-state index in [1.165, 1.54) is 6.07 Å². The number of fused-ring (bicyclic) bond motifs is 2. The number of hydrogen-bond acceptors (Lipinski definition) is 5. The van der Waals surface area contributed by atoms with Crippen LogP contribution in [0.4, 0.5) is 0 Å². The number of hydrogen-bond donors (Lipinski definition) is 1. The molecule has 3 aromatic rings. The Morgan fingerprint density at radius 2 is 1.86 bits per heavy atom. The van der Waals surface area contributed by atoms with Gasteiger partial charge in [0.15, 0.2) is 0 Å². The number of phenolic OH excluding ortho intramolecular Hbond substituents is 1. The zero-order valence-corrected chi connectivity index (χ0v) is 18.7. The maximum atomic E-state index is 12.6. The molecule has 1 aliphatic heterocycles. The molecule has 1 aliphatic rings. The standard InChI is InChI=1S/C22H25NO5.HI/c1-23(9-12-26-13-10-23)8-4-5-11-27-16-14-18(24)21-20(15-16)28-19-7-3-2-6-17(19)22(21)25;/h2-3,6-7,14-15H,4-5,8-13H2,1H3;1H. The molecule has 6 nitrogen and oxygen atoms in total. The van der Waals surface area contributed by atoms with Crippen molar-refractivity contribution in [2.24, 2.45) is 0 Å². The lowest BCUT2D eigenvalue weighted by atomic mass is 10.1. The number of rotatable bonds is 6. The third-order valence-electron chi connectivity index (χ3n) is 5.55. The summed E-state index contributed by atoms with van der Waals surface area (Å²) in [4.78, 5) is 12.6. The smallest absolute Gasteiger partial charge is 0.204 e. The summed E-state index contributed by atoms with van der Waals surface area (Å²) in [5, 5.41) is 11.0. The van der Waals surface area contributed by atoms with Crippen LogP contribution >= 0.6 is 0 Å². The van der Waals surface area contributed by atoms with Crippen molar-refractivity contribution in [3.8, 4) is 11.5 Å². The lowest BCUT2D eigenvalue weighted by molar-refractivity contribution is -0.917. The highest BCUT2D eigenvalue weighted by atomic mass is 127. The molecule has 0 unspecified atom stereocenters. The number of aromatic hydroxyl groups is 1. The SMILES string of the molecule is C[N+]1(CCCCOc2cc(O)c3c(=O)c4ccccc4oc3c2)CCOCC1.[I-]. The van der Waals surface area contributed by atoms with Gasteiger partial charge in [-0.2, -0.15) is 0 Å². The fourth-order valence-electron chi connectivity index (χ4n) is 3.76. The van der Waals surface area contributed by atoms with Crippen LogP contribution in [0.25, 0.3) is 21.9 Å². The lowest BCUT2D eigenvalue weighted by Crippen LogP contribution is -3.00. The first-order valence-electron chi connectivity index (χ1n) is 9.78. The number of ether oxygens (including phenoxy) is 2. The van der Waals surface area contributed by atoms with Crippen molar-refractivity contribution in [3.63, 3.8) is 0 Å². The number of phenols is 1. The van der Waals surface area contributed by atoms with E-state index in [1.54, 1.807) is 24.3 Å². The highest BCUT2D eigenvalue weighted by Gasteiger charge is 2.24. The van der Waals surface area contributed by atoms with E-state index in [9.17, 15) is 9.90 Å². The van der Waals surface area contributed by atoms with Gasteiger partial charge < -0.3 is 47.5 Å². The lowest BCUT2D eigenvalue weighted by Gasteiger charge is -2.37. The minimum absolute atomic E-state index is 0. The van der Waals surface area contributed by atoms with Crippen molar-refractivity contribution in [1.82, 2.24) is 0 Å². The van der Waals surface area contributed by atoms with E-state index in [4.69, 9.17) is 13.9 Å². The van der Waals surface area contributed by atoms with Crippen LogP contribution in [0.5, 0.6) is 11.5 Å². The van der Waals surface area contributed by atoms with Gasteiger partial charge in [-0.25, -0.2) is 0 Å². The van der Waals surface area contributed by atoms with Gasteiger partial charge in [-0.15, -0.1) is 0 Å². The monoisotopic (exact) mass is 511 g/mol. The average molecular weight is 511 g/mol. The first-order chi connectivity index (χ1) is 13.6. The molecule has 7 heteroatoms. The number of benzene rings is 2. The predicted octanol–water partition coefficient (Wildman–Crippen LogP) is 0.292. The van der Waals surface area contributed by atoms with Crippen molar-refractivity contribution >= 4 is 21.9 Å². The summed E-state index contributed by atoms with van der Waals surface area (Å²) in [6.45, 7) is 5.46. The van der Waals surface area contributed by atoms with E-state index in [1.807, 2.05) is 6.07 Å². The van der Waals surface area contributed by atoms with Crippen LogP contribution in [0.2, 0.25) is 0 Å². The van der Waals surface area contributed by atoms with E-state index in [0.717, 1.165) is 50.2 Å². The number of halogens is 1. The van der Waals surface area contributed by atoms with E-state index in [2.05, 4.69) is 7.05 Å². The first kappa shape index (κ1) is 21.9. The first-order valence-corrected chi connectivity index (χ1v) is 9.78. The van der Waals surface area contributed by atoms with Crippen LogP contribution in [-0.4, -0.2) is 56.1 Å². The summed E-state index contributed by atoms with van der Waals surface area (Å²) in [7, 11) is 2.27. The molecule has 2 heterocycles. The van der Waals surface area contributed by atoms with Crippen molar-refractivity contribution in [3.05, 3.63) is 46.6 Å². The zero-order valence-electron chi connectivity index (χ0n) is 16.5. The molecule has 0 aliphatic carbocycles. The largest absolute Gasteiger partial charge is 1.00 e. The summed E-state index contributed by atoms with van der Waals surface area (Å²) in [6.07, 6.45) is 1.99. The van der Waals surface area contributed by atoms with Gasteiger partial charge in [-0.1, -0.05) is 12.1 Å². The van der Waals surface area contributed by atoms with Crippen LogP contribution in [0, 0.1) is 0 Å². The van der Waals surface area contributed by atoms with Gasteiger partial charge in [0, 0.05) is 12.1 Å². The van der Waals surface area contributed by atoms with Crippen molar-refractivity contribution < 1.29 is 47.5 Å². The molecule has 0 amide bonds. The second-order valence-corrected chi connectivity index (χ2v) is 7.70. The fraction of sp³-hybridized carbons (Fsp3) is 0.409. The summed E-state index contributed by atoms with van der Waals surface area (Å²) < 4.78 is 18.1. The maximum absolute atomic E-state index is 12.6. The Labute approximate surface area is 186 Å². The van der Waals surface area contributed by atoms with E-state index in [-0.39, 0.29) is 40.5 Å². The summed E-state index contributed by atoms with van der Waals surface area (Å²) in [5.41, 5.74) is 0.604. The molecule has 1 saturated heterocycles. The maximum Gasteiger partial charge on any atom is 0.204 e. The number of likely N-dealkylation sites (N-methyl/N-ethyl adjacent to an activating group) is 1. The minimum Gasteiger partial charge on any atom is -1.00 e. The molecule has 0 bridgehead atoms. The van der Waals surface area contributed by atoms with Gasteiger partial charge in [0.25, 0.3) is 0 Å². The third kappa shape index (κ3) is 4.84. The van der Waals surface area contributed by atoms with Crippen LogP contribution < -0.4 is 34.1 Å². The third-order valence-corrected chi connectivity index (χ3v) is 5.55. The molecule has 0 atom stereocenters. The molecule has 0 radical (unpaired) electrons. The highest BCUT2D eigenvalue weighted by Crippen LogP contribution is 2.30. The number of nitrogens with zero attached hydrogens (tertiary/aromatic N) is 1. The summed E-state index contributed by atoms with van der Waals surface area (Å²) in [5.74, 6) is 0.397. The Kier molecular flexibility index (Phi) is 7.02. The number of unbranched alkanes of at least 4 members (excludes halogenated alkanes) is 1. The Balaban J connectivity index is 0.00000240. The van der Waals surface area contributed by atoms with Gasteiger partial charge in [0.05, 0.1) is 38.8 Å². The molecule has 2 aromatic carbocycles. The zero-order chi connectivity index (χ0) is 19.6. The number of para-hydroxylation sites is 1. The Hall–Kier alpha value is -1.84. The second kappa shape index (κ2) is 9.32. The topological polar surface area (TPSA) is 68.9 Å². The highest BCUT2D eigenvalue weighted by molar-refractivity contribution is 5.93. The molecule has 156 valence electrons. The van der Waals surface area contributed by atoms with E-state index < -0.39 is 0 Å². The summed E-state index contributed by atoms with van der Waals surface area (Å²) in [6, 6.07) is 10.2. The van der Waals surface area contributed by atoms with Gasteiger partial charge in [-0.05, 0) is 25.0 Å². The van der Waals surface area contributed by atoms with Gasteiger partial charge >= 0.3 is 0 Å². The molecule has 0 saturated carbocycles. The van der Waals surface area contributed by atoms with Crippen LogP contribution in [0.3, 0.4) is 0 Å². The Morgan fingerprint density at radius 3 is 2.66 bits per heavy atom. The van der Waals surface area contributed by atoms with Crippen LogP contribution in [0.1, 0.15) is 12.8 Å². The molecule has 0 spiro atoms.